The quantitative estimate of drug-likeness (QED) is 0.599. The number of rotatable bonds is 2. The van der Waals surface area contributed by atoms with Crippen LogP contribution in [0.5, 0.6) is 0 Å². The molecule has 4 heteroatoms. The first kappa shape index (κ1) is 16.7. The zero-order valence-corrected chi connectivity index (χ0v) is 12.0. The number of hydrogen-bond donors (Lipinski definition) is 1. The largest absolute Gasteiger partial charge is 1.00 e. The molecule has 0 spiro atoms. The first-order valence-electron chi connectivity index (χ1n) is 6.60. The van der Waals surface area contributed by atoms with Crippen molar-refractivity contribution in [2.75, 3.05) is 13.2 Å². The van der Waals surface area contributed by atoms with Crippen molar-refractivity contribution in [2.45, 2.75) is 12.8 Å². The van der Waals surface area contributed by atoms with Crippen LogP contribution in [0.2, 0.25) is 0 Å². The summed E-state index contributed by atoms with van der Waals surface area (Å²) in [5.41, 5.74) is 1.92. The molecule has 1 N–H and O–H groups in total. The molecule has 1 heterocycles. The van der Waals surface area contributed by atoms with Gasteiger partial charge in [-0.25, -0.2) is 0 Å². The second-order valence-electron chi connectivity index (χ2n) is 4.24. The Morgan fingerprint density at radius 1 is 0.800 bits per heavy atom. The van der Waals surface area contributed by atoms with Gasteiger partial charge in [0.05, 0.1) is 0 Å². The summed E-state index contributed by atoms with van der Waals surface area (Å²) in [6.45, 7) is 2.00. The van der Waals surface area contributed by atoms with Crippen LogP contribution in [0, 0.1) is 0 Å². The van der Waals surface area contributed by atoms with E-state index in [1.807, 2.05) is 60.7 Å². The average Bonchev–Trinajstić information content (AvgIpc) is 3.07. The molecule has 1 saturated heterocycles. The SMILES string of the molecule is C1CCOC1.[Li+].c1ccc(N=[NH+]c2ccccc2)cc1. The number of hydrogen-bond acceptors (Lipinski definition) is 2. The van der Waals surface area contributed by atoms with Crippen molar-refractivity contribution in [3.63, 3.8) is 0 Å². The van der Waals surface area contributed by atoms with Gasteiger partial charge in [0.15, 0.2) is 0 Å². The van der Waals surface area contributed by atoms with E-state index in [4.69, 9.17) is 4.74 Å². The van der Waals surface area contributed by atoms with E-state index >= 15 is 0 Å². The van der Waals surface area contributed by atoms with Crippen molar-refractivity contribution < 1.29 is 28.7 Å². The summed E-state index contributed by atoms with van der Waals surface area (Å²) in [5, 5.41) is 7.21. The molecule has 0 unspecified atom stereocenters. The number of benzene rings is 2. The monoisotopic (exact) mass is 262 g/mol. The maximum Gasteiger partial charge on any atom is 1.00 e. The van der Waals surface area contributed by atoms with Crippen molar-refractivity contribution in [3.8, 4) is 0 Å². The Balaban J connectivity index is 0.000000283. The summed E-state index contributed by atoms with van der Waals surface area (Å²) < 4.78 is 4.94. The van der Waals surface area contributed by atoms with E-state index < -0.39 is 0 Å². The number of nitrogens with zero attached hydrogens (tertiary/aromatic N) is 1. The molecule has 20 heavy (non-hydrogen) atoms. The third kappa shape index (κ3) is 6.67. The number of ether oxygens (including phenoxy) is 1. The zero-order chi connectivity index (χ0) is 13.2. The fourth-order valence-electron chi connectivity index (χ4n) is 1.65. The van der Waals surface area contributed by atoms with Crippen LogP contribution in [0.15, 0.2) is 65.8 Å². The standard InChI is InChI=1S/C12H10N2.C4H8O.Li/c1-3-7-11(8-4-1)13-14-12-9-5-2-6-10-12;1-2-4-5-3-1;/h1-10H;1-4H2;/q;;+1/p+1. The molecule has 0 aromatic heterocycles. The molecule has 98 valence electrons. The van der Waals surface area contributed by atoms with E-state index in [1.54, 1.807) is 0 Å². The summed E-state index contributed by atoms with van der Waals surface area (Å²) in [6.07, 6.45) is 2.56. The Hall–Kier alpha value is -1.40. The predicted octanol–water partition coefficient (Wildman–Crippen LogP) is -0.0166. The molecule has 2 aromatic carbocycles. The molecule has 0 aliphatic carbocycles. The van der Waals surface area contributed by atoms with Crippen LogP contribution in [0.25, 0.3) is 0 Å². The third-order valence-electron chi connectivity index (χ3n) is 2.67. The summed E-state index contributed by atoms with van der Waals surface area (Å²) >= 11 is 0. The van der Waals surface area contributed by atoms with E-state index in [1.165, 1.54) is 12.8 Å². The molecule has 1 aliphatic rings. The van der Waals surface area contributed by atoms with Gasteiger partial charge in [-0.3, -0.25) is 0 Å². The molecule has 0 saturated carbocycles. The van der Waals surface area contributed by atoms with Crippen molar-refractivity contribution in [3.05, 3.63) is 60.7 Å². The van der Waals surface area contributed by atoms with Gasteiger partial charge in [-0.2, -0.15) is 0 Å². The minimum Gasteiger partial charge on any atom is -0.381 e. The van der Waals surface area contributed by atoms with Gasteiger partial charge in [-0.1, -0.05) is 41.5 Å². The van der Waals surface area contributed by atoms with Crippen LogP contribution < -0.4 is 24.0 Å². The first-order valence-corrected chi connectivity index (χ1v) is 6.60. The first-order chi connectivity index (χ1) is 9.45. The Morgan fingerprint density at radius 3 is 1.85 bits per heavy atom. The van der Waals surface area contributed by atoms with E-state index in [0.29, 0.717) is 0 Å². The average molecular weight is 262 g/mol. The maximum atomic E-state index is 4.94. The summed E-state index contributed by atoms with van der Waals surface area (Å²) in [7, 11) is 0. The Morgan fingerprint density at radius 2 is 1.35 bits per heavy atom. The Bertz CT molecular complexity index is 435. The van der Waals surface area contributed by atoms with Crippen LogP contribution in [0.4, 0.5) is 11.4 Å². The number of nitrogens with one attached hydrogen (secondary N) is 1. The van der Waals surface area contributed by atoms with Gasteiger partial charge in [0.1, 0.15) is 5.69 Å². The molecule has 1 aliphatic heterocycles. The molecule has 0 atom stereocenters. The van der Waals surface area contributed by atoms with Gasteiger partial charge in [-0.05, 0) is 30.1 Å². The van der Waals surface area contributed by atoms with Crippen molar-refractivity contribution in [2.24, 2.45) is 5.11 Å². The van der Waals surface area contributed by atoms with Crippen LogP contribution in [0.3, 0.4) is 0 Å². The molecular weight excluding hydrogens is 243 g/mol. The van der Waals surface area contributed by atoms with Crippen molar-refractivity contribution in [1.29, 1.82) is 0 Å². The van der Waals surface area contributed by atoms with Gasteiger partial charge in [0, 0.05) is 25.3 Å². The maximum absolute atomic E-state index is 4.94. The number of azo groups is 1. The summed E-state index contributed by atoms with van der Waals surface area (Å²) in [5.74, 6) is 0. The fourth-order valence-corrected chi connectivity index (χ4v) is 1.65. The van der Waals surface area contributed by atoms with Crippen LogP contribution in [0.1, 0.15) is 12.8 Å². The van der Waals surface area contributed by atoms with Gasteiger partial charge < -0.3 is 4.74 Å². The molecule has 0 bridgehead atoms. The topological polar surface area (TPSA) is 35.6 Å². The zero-order valence-electron chi connectivity index (χ0n) is 12.0. The van der Waals surface area contributed by atoms with E-state index in [9.17, 15) is 0 Å². The summed E-state index contributed by atoms with van der Waals surface area (Å²) in [6, 6.07) is 19.7. The van der Waals surface area contributed by atoms with Gasteiger partial charge in [0.25, 0.3) is 0 Å². The second-order valence-corrected chi connectivity index (χ2v) is 4.24. The van der Waals surface area contributed by atoms with Crippen molar-refractivity contribution in [1.82, 2.24) is 0 Å². The minimum atomic E-state index is 0. The molecule has 2 aromatic rings. The smallest absolute Gasteiger partial charge is 0.381 e. The van der Waals surface area contributed by atoms with Gasteiger partial charge in [0.2, 0.25) is 5.69 Å². The van der Waals surface area contributed by atoms with Gasteiger partial charge >= 0.3 is 18.9 Å². The van der Waals surface area contributed by atoms with Crippen LogP contribution in [-0.2, 0) is 4.74 Å². The Labute approximate surface area is 132 Å². The fraction of sp³-hybridized carbons (Fsp3) is 0.250. The summed E-state index contributed by atoms with van der Waals surface area (Å²) in [4.78, 5) is 0. The van der Waals surface area contributed by atoms with Crippen LogP contribution >= 0.6 is 0 Å². The third-order valence-corrected chi connectivity index (χ3v) is 2.67. The van der Waals surface area contributed by atoms with E-state index in [-0.39, 0.29) is 18.9 Å². The Kier molecular flexibility index (Phi) is 8.65. The molecule has 3 rings (SSSR count). The van der Waals surface area contributed by atoms with Crippen molar-refractivity contribution >= 4 is 11.4 Å². The number of para-hydroxylation sites is 2. The van der Waals surface area contributed by atoms with Crippen LogP contribution in [-0.4, -0.2) is 13.2 Å². The van der Waals surface area contributed by atoms with Gasteiger partial charge in [-0.15, -0.1) is 0 Å². The minimum absolute atomic E-state index is 0. The van der Waals surface area contributed by atoms with E-state index in [0.717, 1.165) is 24.6 Å². The molecular formula is C16H19LiN2O+2. The second kappa shape index (κ2) is 10.4. The molecule has 1 fully saturated rings. The molecule has 0 radical (unpaired) electrons. The van der Waals surface area contributed by atoms with E-state index in [2.05, 4.69) is 10.2 Å². The molecule has 0 amide bonds. The molecule has 3 nitrogen and oxygen atoms in total. The normalized spacial score (nSPS) is 13.4. The predicted molar refractivity (Wildman–Crippen MR) is 75.6 cm³/mol.